The molecule has 5 aromatic rings. The first-order chi connectivity index (χ1) is 35.9. The van der Waals surface area contributed by atoms with E-state index in [4.69, 9.17) is 24.9 Å². The number of aliphatic hydroxyl groups is 1. The Morgan fingerprint density at radius 3 is 2.40 bits per heavy atom. The number of hydrogen-bond acceptors (Lipinski definition) is 17. The Hall–Kier alpha value is -7.05. The first kappa shape index (κ1) is 54.2. The van der Waals surface area contributed by atoms with Crippen LogP contribution in [-0.2, 0) is 50.3 Å². The maximum atomic E-state index is 14.1. The van der Waals surface area contributed by atoms with E-state index in [1.165, 1.54) is 12.0 Å². The fourth-order valence-corrected chi connectivity index (χ4v) is 10.4. The highest BCUT2D eigenvalue weighted by atomic mass is 32.1. The summed E-state index contributed by atoms with van der Waals surface area (Å²) in [5.41, 5.74) is 14.3. The number of primary amides is 1. The standard InChI is InChI=1S/C52H67N13O9S/c1-30-45(75-29-57-30)32-10-8-31(9-11-32)25-55-49(70)39-24-35(66)27-65(39)50(71)46(52(2,3)4)59-40(67)28-74-21-20-73-19-14-54-48(69)37-22-34(64-17-15-62(5)16-18-64)23-38(44(37)72-7)58-51-56-26-33-12-13-36-42(47(53)68)61-63(6)43(36)41(33)60-51/h8-11,22-23,26,29,35,39,46,66H,12-21,24-25,27-28H2,1-7H3,(H2,53,68)(H,54,69)(H,55,70)(H,59,67)(H,56,58,60)/t35-,39+,46-/m1/s1. The van der Waals surface area contributed by atoms with Gasteiger partial charge in [0.25, 0.3) is 11.8 Å². The van der Waals surface area contributed by atoms with Crippen LogP contribution in [0, 0.1) is 12.3 Å². The number of thiazole rings is 1. The number of aromatic nitrogens is 5. The average Bonchev–Trinajstić information content (AvgIpc) is 4.12. The average molecular weight is 1050 g/mol. The molecule has 2 aromatic carbocycles. The number of aryl methyl sites for hydroxylation is 3. The molecule has 0 saturated carbocycles. The summed E-state index contributed by atoms with van der Waals surface area (Å²) in [7, 11) is 5.30. The highest BCUT2D eigenvalue weighted by Gasteiger charge is 2.44. The monoisotopic (exact) mass is 1050 g/mol. The molecule has 2 saturated heterocycles. The lowest BCUT2D eigenvalue weighted by molar-refractivity contribution is -0.144. The zero-order valence-corrected chi connectivity index (χ0v) is 44.3. The molecule has 0 radical (unpaired) electrons. The molecular weight excluding hydrogens is 983 g/mol. The summed E-state index contributed by atoms with van der Waals surface area (Å²) in [6, 6.07) is 9.61. The number of β-amino-alcohol motifs (C(OH)–C–C–N with tert-alkyl or cyclic N) is 1. The third-order valence-electron chi connectivity index (χ3n) is 13.6. The van der Waals surface area contributed by atoms with Crippen molar-refractivity contribution >= 4 is 58.2 Å². The fraction of sp³-hybridized carbons (Fsp3) is 0.481. The van der Waals surface area contributed by atoms with Gasteiger partial charge >= 0.3 is 0 Å². The normalized spacial score (nSPS) is 17.0. The molecule has 23 heteroatoms. The minimum Gasteiger partial charge on any atom is -0.494 e. The van der Waals surface area contributed by atoms with Crippen molar-refractivity contribution in [2.45, 2.75) is 71.7 Å². The molecule has 1 aliphatic carbocycles. The number of carbonyl (C=O) groups excluding carboxylic acids is 5. The van der Waals surface area contributed by atoms with Crippen molar-refractivity contribution in [3.05, 3.63) is 81.7 Å². The van der Waals surface area contributed by atoms with E-state index in [0.29, 0.717) is 29.9 Å². The Morgan fingerprint density at radius 1 is 0.960 bits per heavy atom. The fourth-order valence-electron chi connectivity index (χ4n) is 9.58. The lowest BCUT2D eigenvalue weighted by atomic mass is 9.85. The van der Waals surface area contributed by atoms with E-state index in [1.54, 1.807) is 40.8 Å². The van der Waals surface area contributed by atoms with Gasteiger partial charge in [-0.25, -0.2) is 15.0 Å². The summed E-state index contributed by atoms with van der Waals surface area (Å²) in [6.07, 6.45) is 2.10. The number of benzene rings is 2. The van der Waals surface area contributed by atoms with Crippen molar-refractivity contribution in [1.82, 2.24) is 50.5 Å². The van der Waals surface area contributed by atoms with E-state index in [1.807, 2.05) is 58.0 Å². The Labute approximate surface area is 439 Å². The van der Waals surface area contributed by atoms with Gasteiger partial charge in [0, 0.05) is 76.7 Å². The van der Waals surface area contributed by atoms with Gasteiger partial charge in [-0.15, -0.1) is 11.3 Å². The van der Waals surface area contributed by atoms with Gasteiger partial charge in [0.2, 0.25) is 23.7 Å². The SMILES string of the molecule is COc1c(Nc2ncc3c(n2)-c2c(c(C(N)=O)nn2C)CC3)cc(N2CCN(C)CC2)cc1C(=O)NCCOCCOCC(=O)N[C@H](C(=O)N1C[C@H](O)C[C@H]1C(=O)NCc1ccc(-c2scnc2C)cc1)C(C)(C)C. The number of methoxy groups -OCH3 is 1. The van der Waals surface area contributed by atoms with Crippen LogP contribution in [0.1, 0.15) is 70.4 Å². The first-order valence-corrected chi connectivity index (χ1v) is 25.9. The number of rotatable bonds is 20. The molecule has 2 aliphatic heterocycles. The number of aliphatic hydroxyl groups excluding tert-OH is 1. The number of hydrogen-bond donors (Lipinski definition) is 6. The van der Waals surface area contributed by atoms with E-state index in [0.717, 1.165) is 64.7 Å². The summed E-state index contributed by atoms with van der Waals surface area (Å²) in [5.74, 6) is -1.86. The van der Waals surface area contributed by atoms with E-state index in [2.05, 4.69) is 53.2 Å². The van der Waals surface area contributed by atoms with E-state index < -0.39 is 53.1 Å². The number of carbonyl (C=O) groups is 5. The molecule has 3 aromatic heterocycles. The van der Waals surface area contributed by atoms with Crippen LogP contribution in [-0.4, -0.2) is 167 Å². The summed E-state index contributed by atoms with van der Waals surface area (Å²) in [4.78, 5) is 87.6. The third-order valence-corrected chi connectivity index (χ3v) is 14.6. The lowest BCUT2D eigenvalue weighted by Crippen LogP contribution is -2.58. The minimum atomic E-state index is -1.02. The van der Waals surface area contributed by atoms with Gasteiger partial charge in [-0.05, 0) is 61.1 Å². The van der Waals surface area contributed by atoms with Crippen molar-refractivity contribution < 1.29 is 43.3 Å². The molecule has 0 bridgehead atoms. The largest absolute Gasteiger partial charge is 0.494 e. The van der Waals surface area contributed by atoms with Crippen LogP contribution in [0.15, 0.2) is 48.1 Å². The van der Waals surface area contributed by atoms with Crippen LogP contribution in [0.25, 0.3) is 21.8 Å². The first-order valence-electron chi connectivity index (χ1n) is 25.0. The molecule has 5 amide bonds. The Bertz CT molecular complexity index is 2890. The molecule has 22 nitrogen and oxygen atoms in total. The van der Waals surface area contributed by atoms with Crippen LogP contribution in [0.4, 0.5) is 17.3 Å². The van der Waals surface area contributed by atoms with Crippen molar-refractivity contribution in [1.29, 1.82) is 0 Å². The Kier molecular flexibility index (Phi) is 17.1. The van der Waals surface area contributed by atoms with Gasteiger partial charge in [-0.1, -0.05) is 45.0 Å². The molecule has 3 aliphatic rings. The number of anilines is 3. The number of likely N-dealkylation sites (N-methyl/N-ethyl adjacent to an activating group) is 1. The van der Waals surface area contributed by atoms with Crippen molar-refractivity contribution in [2.75, 3.05) is 90.1 Å². The zero-order chi connectivity index (χ0) is 53.6. The second kappa shape index (κ2) is 23.7. The third kappa shape index (κ3) is 12.7. The molecule has 7 N–H and O–H groups in total. The van der Waals surface area contributed by atoms with Gasteiger partial charge in [-0.3, -0.25) is 28.7 Å². The lowest BCUT2D eigenvalue weighted by Gasteiger charge is -2.35. The number of nitrogens with two attached hydrogens (primary N) is 1. The van der Waals surface area contributed by atoms with Gasteiger partial charge in [0.05, 0.1) is 71.8 Å². The predicted octanol–water partition coefficient (Wildman–Crippen LogP) is 2.58. The van der Waals surface area contributed by atoms with Crippen LogP contribution in [0.5, 0.6) is 5.75 Å². The predicted molar refractivity (Wildman–Crippen MR) is 282 cm³/mol. The van der Waals surface area contributed by atoms with Crippen molar-refractivity contribution in [2.24, 2.45) is 18.2 Å². The second-order valence-electron chi connectivity index (χ2n) is 20.1. The molecule has 0 spiro atoms. The van der Waals surface area contributed by atoms with E-state index >= 15 is 0 Å². The molecule has 3 atom stereocenters. The minimum absolute atomic E-state index is 0.0475. The topological polar surface area (TPSA) is 274 Å². The van der Waals surface area contributed by atoms with Crippen LogP contribution >= 0.6 is 11.3 Å². The van der Waals surface area contributed by atoms with E-state index in [-0.39, 0.29) is 75.4 Å². The number of piperazine rings is 1. The summed E-state index contributed by atoms with van der Waals surface area (Å²) >= 11 is 1.56. The number of likely N-dealkylation sites (tertiary alicyclic amines) is 1. The molecule has 0 unspecified atom stereocenters. The Morgan fingerprint density at radius 2 is 1.71 bits per heavy atom. The number of fused-ring (bicyclic) bond motifs is 3. The molecule has 5 heterocycles. The maximum absolute atomic E-state index is 14.1. The quantitative estimate of drug-likeness (QED) is 0.0612. The molecular formula is C52H67N13O9S. The highest BCUT2D eigenvalue weighted by Crippen LogP contribution is 2.38. The smallest absolute Gasteiger partial charge is 0.269 e. The number of amides is 5. The van der Waals surface area contributed by atoms with Gasteiger partial charge in [0.15, 0.2) is 11.4 Å². The molecule has 2 fully saturated rings. The number of nitrogens with one attached hydrogen (secondary N) is 4. The summed E-state index contributed by atoms with van der Waals surface area (Å²) < 4.78 is 18.8. The van der Waals surface area contributed by atoms with Gasteiger partial charge < -0.3 is 61.0 Å². The summed E-state index contributed by atoms with van der Waals surface area (Å²) in [5, 5.41) is 26.9. The van der Waals surface area contributed by atoms with Crippen molar-refractivity contribution in [3.8, 4) is 27.6 Å². The maximum Gasteiger partial charge on any atom is 0.269 e. The molecule has 400 valence electrons. The second-order valence-corrected chi connectivity index (χ2v) is 20.9. The molecule has 8 rings (SSSR count). The number of ether oxygens (including phenoxy) is 3. The Balaban J connectivity index is 0.821. The van der Waals surface area contributed by atoms with Gasteiger partial charge in [0.1, 0.15) is 18.7 Å². The zero-order valence-electron chi connectivity index (χ0n) is 43.5. The number of nitrogens with zero attached hydrogens (tertiary/aromatic N) is 8. The molecule has 75 heavy (non-hydrogen) atoms. The van der Waals surface area contributed by atoms with E-state index in [9.17, 15) is 29.1 Å². The highest BCUT2D eigenvalue weighted by molar-refractivity contribution is 7.13. The van der Waals surface area contributed by atoms with Crippen LogP contribution < -0.4 is 36.6 Å². The van der Waals surface area contributed by atoms with Crippen molar-refractivity contribution in [3.63, 3.8) is 0 Å². The summed E-state index contributed by atoms with van der Waals surface area (Å²) in [6.45, 7) is 10.9. The van der Waals surface area contributed by atoms with Crippen LogP contribution in [0.2, 0.25) is 0 Å². The van der Waals surface area contributed by atoms with Gasteiger partial charge in [-0.2, -0.15) is 5.10 Å². The van der Waals surface area contributed by atoms with Crippen LogP contribution in [0.3, 0.4) is 0 Å².